The second-order valence-electron chi connectivity index (χ2n) is 6.92. The maximum absolute atomic E-state index is 12.4. The molecule has 2 aromatic heterocycles. The lowest BCUT2D eigenvalue weighted by Gasteiger charge is -2.16. The summed E-state index contributed by atoms with van der Waals surface area (Å²) in [7, 11) is 1.60. The lowest BCUT2D eigenvalue weighted by Crippen LogP contribution is -2.37. The van der Waals surface area contributed by atoms with Crippen LogP contribution in [0.25, 0.3) is 0 Å². The molecule has 1 saturated carbocycles. The molecule has 2 fully saturated rings. The Morgan fingerprint density at radius 1 is 1.42 bits per heavy atom. The number of hydrogen-bond donors (Lipinski definition) is 1. The van der Waals surface area contributed by atoms with Gasteiger partial charge in [0.25, 0.3) is 5.91 Å². The van der Waals surface area contributed by atoms with Gasteiger partial charge in [-0.15, -0.1) is 0 Å². The summed E-state index contributed by atoms with van der Waals surface area (Å²) in [5, 5.41) is 6.97. The summed E-state index contributed by atoms with van der Waals surface area (Å²) < 4.78 is 11.3. The predicted molar refractivity (Wildman–Crippen MR) is 98.1 cm³/mol. The Morgan fingerprint density at radius 2 is 2.27 bits per heavy atom. The molecule has 1 aliphatic carbocycles. The molecule has 1 atom stereocenters. The first-order valence-corrected chi connectivity index (χ1v) is 9.60. The lowest BCUT2D eigenvalue weighted by molar-refractivity contribution is 0.0928. The molecule has 3 heterocycles. The van der Waals surface area contributed by atoms with Crippen LogP contribution >= 0.6 is 15.9 Å². The molecule has 7 nitrogen and oxygen atoms in total. The molecule has 26 heavy (non-hydrogen) atoms. The van der Waals surface area contributed by atoms with E-state index in [0.29, 0.717) is 17.5 Å². The van der Waals surface area contributed by atoms with Crippen molar-refractivity contribution in [3.63, 3.8) is 0 Å². The fourth-order valence-corrected chi connectivity index (χ4v) is 3.83. The number of methoxy groups -OCH3 is 1. The fraction of sp³-hybridized carbons (Fsp3) is 0.500. The van der Waals surface area contributed by atoms with Crippen LogP contribution in [0.1, 0.15) is 47.0 Å². The Balaban J connectivity index is 1.30. The monoisotopic (exact) mass is 420 g/mol. The minimum absolute atomic E-state index is 0.123. The largest absolute Gasteiger partial charge is 0.480 e. The average molecular weight is 421 g/mol. The van der Waals surface area contributed by atoms with Gasteiger partial charge in [0, 0.05) is 43.9 Å². The number of aromatic nitrogens is 2. The SMILES string of the molecule is COc1ncc(CN2CCC(NC(=O)c3cc(C4CC4)on3)C2)cc1Br. The average Bonchev–Trinajstić information content (AvgIpc) is 3.19. The number of nitrogens with zero attached hydrogens (tertiary/aromatic N) is 3. The van der Waals surface area contributed by atoms with Crippen LogP contribution < -0.4 is 10.1 Å². The van der Waals surface area contributed by atoms with E-state index in [2.05, 4.69) is 36.3 Å². The van der Waals surface area contributed by atoms with Gasteiger partial charge in [0.1, 0.15) is 5.76 Å². The van der Waals surface area contributed by atoms with E-state index in [1.54, 1.807) is 13.2 Å². The van der Waals surface area contributed by atoms with E-state index in [4.69, 9.17) is 9.26 Å². The van der Waals surface area contributed by atoms with Gasteiger partial charge in [-0.1, -0.05) is 5.16 Å². The summed E-state index contributed by atoms with van der Waals surface area (Å²) in [5.41, 5.74) is 1.49. The Morgan fingerprint density at radius 3 is 3.00 bits per heavy atom. The van der Waals surface area contributed by atoms with Crippen molar-refractivity contribution in [3.8, 4) is 5.88 Å². The van der Waals surface area contributed by atoms with Crippen LogP contribution in [-0.4, -0.2) is 47.2 Å². The lowest BCUT2D eigenvalue weighted by atomic mass is 10.2. The normalized spacial score (nSPS) is 20.3. The molecule has 1 amide bonds. The zero-order valence-electron chi connectivity index (χ0n) is 14.6. The molecular formula is C18H21BrN4O3. The highest BCUT2D eigenvalue weighted by atomic mass is 79.9. The standard InChI is InChI=1S/C18H21BrN4O3/c1-25-18-14(19)6-11(8-20-18)9-23-5-4-13(10-23)21-17(24)15-7-16(26-22-15)12-2-3-12/h6-8,12-13H,2-5,9-10H2,1H3,(H,21,24). The predicted octanol–water partition coefficient (Wildman–Crippen LogP) is 2.72. The van der Waals surface area contributed by atoms with Gasteiger partial charge in [0.05, 0.1) is 11.6 Å². The van der Waals surface area contributed by atoms with E-state index >= 15 is 0 Å². The molecule has 0 aromatic carbocycles. The maximum Gasteiger partial charge on any atom is 0.273 e. The van der Waals surface area contributed by atoms with Crippen LogP contribution in [0, 0.1) is 0 Å². The second kappa shape index (κ2) is 7.36. The highest BCUT2D eigenvalue weighted by Gasteiger charge is 2.30. The number of halogens is 1. The van der Waals surface area contributed by atoms with Gasteiger partial charge in [-0.05, 0) is 46.8 Å². The molecular weight excluding hydrogens is 400 g/mol. The van der Waals surface area contributed by atoms with E-state index in [-0.39, 0.29) is 11.9 Å². The van der Waals surface area contributed by atoms with E-state index in [9.17, 15) is 4.79 Å². The second-order valence-corrected chi connectivity index (χ2v) is 7.77. The number of carbonyl (C=O) groups excluding carboxylic acids is 1. The van der Waals surface area contributed by atoms with Crippen molar-refractivity contribution in [1.82, 2.24) is 20.4 Å². The van der Waals surface area contributed by atoms with Crippen LogP contribution in [0.15, 0.2) is 27.3 Å². The quantitative estimate of drug-likeness (QED) is 0.773. The number of rotatable bonds is 6. The Kier molecular flexibility index (Phi) is 4.95. The van der Waals surface area contributed by atoms with Crippen LogP contribution in [0.2, 0.25) is 0 Å². The summed E-state index contributed by atoms with van der Waals surface area (Å²) in [6, 6.07) is 3.92. The van der Waals surface area contributed by atoms with Crippen LogP contribution in [0.4, 0.5) is 0 Å². The van der Waals surface area contributed by atoms with Gasteiger partial charge >= 0.3 is 0 Å². The van der Waals surface area contributed by atoms with Crippen molar-refractivity contribution in [2.24, 2.45) is 0 Å². The minimum atomic E-state index is -0.152. The molecule has 1 N–H and O–H groups in total. The fourth-order valence-electron chi connectivity index (χ4n) is 3.27. The number of hydrogen-bond acceptors (Lipinski definition) is 6. The summed E-state index contributed by atoms with van der Waals surface area (Å²) in [5.74, 6) is 1.73. The number of likely N-dealkylation sites (tertiary alicyclic amines) is 1. The molecule has 2 aromatic rings. The van der Waals surface area contributed by atoms with Crippen molar-refractivity contribution < 1.29 is 14.1 Å². The molecule has 0 bridgehead atoms. The maximum atomic E-state index is 12.4. The van der Waals surface area contributed by atoms with Crippen LogP contribution in [0.5, 0.6) is 5.88 Å². The Hall–Kier alpha value is -1.93. The molecule has 0 radical (unpaired) electrons. The third-order valence-corrected chi connectivity index (χ3v) is 5.38. The van der Waals surface area contributed by atoms with Crippen LogP contribution in [0.3, 0.4) is 0 Å². The van der Waals surface area contributed by atoms with Crippen molar-refractivity contribution in [3.05, 3.63) is 39.8 Å². The van der Waals surface area contributed by atoms with Gasteiger partial charge in [-0.3, -0.25) is 9.69 Å². The molecule has 2 aliphatic rings. The first-order valence-electron chi connectivity index (χ1n) is 8.80. The Bertz CT molecular complexity index is 805. The molecule has 4 rings (SSSR count). The summed E-state index contributed by atoms with van der Waals surface area (Å²) in [6.45, 7) is 2.53. The summed E-state index contributed by atoms with van der Waals surface area (Å²) in [6.07, 6.45) is 5.00. The first kappa shape index (κ1) is 17.5. The van der Waals surface area contributed by atoms with Gasteiger partial charge in [0.2, 0.25) is 5.88 Å². The van der Waals surface area contributed by atoms with E-state index in [1.165, 1.54) is 0 Å². The van der Waals surface area contributed by atoms with Gasteiger partial charge in [0.15, 0.2) is 5.69 Å². The number of pyridine rings is 1. The number of ether oxygens (including phenoxy) is 1. The molecule has 1 aliphatic heterocycles. The molecule has 1 unspecified atom stereocenters. The number of carbonyl (C=O) groups is 1. The number of nitrogens with one attached hydrogen (secondary N) is 1. The van der Waals surface area contributed by atoms with Crippen LogP contribution in [-0.2, 0) is 6.54 Å². The van der Waals surface area contributed by atoms with Crippen molar-refractivity contribution >= 4 is 21.8 Å². The molecule has 0 spiro atoms. The molecule has 1 saturated heterocycles. The van der Waals surface area contributed by atoms with Crippen molar-refractivity contribution in [1.29, 1.82) is 0 Å². The summed E-state index contributed by atoms with van der Waals surface area (Å²) in [4.78, 5) is 18.9. The highest BCUT2D eigenvalue weighted by Crippen LogP contribution is 2.40. The topological polar surface area (TPSA) is 80.5 Å². The third kappa shape index (κ3) is 3.91. The van der Waals surface area contributed by atoms with E-state index in [0.717, 1.165) is 54.7 Å². The van der Waals surface area contributed by atoms with Crippen molar-refractivity contribution in [2.45, 2.75) is 37.8 Å². The zero-order chi connectivity index (χ0) is 18.1. The number of amides is 1. The smallest absolute Gasteiger partial charge is 0.273 e. The first-order chi connectivity index (χ1) is 12.6. The third-order valence-electron chi connectivity index (χ3n) is 4.81. The molecule has 8 heteroatoms. The van der Waals surface area contributed by atoms with E-state index < -0.39 is 0 Å². The minimum Gasteiger partial charge on any atom is -0.480 e. The zero-order valence-corrected chi connectivity index (χ0v) is 16.2. The van der Waals surface area contributed by atoms with Crippen molar-refractivity contribution in [2.75, 3.05) is 20.2 Å². The summed E-state index contributed by atoms with van der Waals surface area (Å²) >= 11 is 3.46. The Labute approximate surface area is 160 Å². The van der Waals surface area contributed by atoms with Gasteiger partial charge in [-0.25, -0.2) is 4.98 Å². The van der Waals surface area contributed by atoms with E-state index in [1.807, 2.05) is 12.3 Å². The van der Waals surface area contributed by atoms with Gasteiger partial charge < -0.3 is 14.6 Å². The highest BCUT2D eigenvalue weighted by molar-refractivity contribution is 9.10. The molecule has 138 valence electrons. The van der Waals surface area contributed by atoms with Gasteiger partial charge in [-0.2, -0.15) is 0 Å².